The van der Waals surface area contributed by atoms with Crippen molar-refractivity contribution in [3.05, 3.63) is 16.1 Å². The van der Waals surface area contributed by atoms with E-state index < -0.39 is 0 Å². The van der Waals surface area contributed by atoms with Gasteiger partial charge in [0.15, 0.2) is 0 Å². The van der Waals surface area contributed by atoms with E-state index in [0.29, 0.717) is 0 Å². The molecule has 0 radical (unpaired) electrons. The molecular formula is C15H28N2S. The third kappa shape index (κ3) is 4.36. The second kappa shape index (κ2) is 6.16. The van der Waals surface area contributed by atoms with E-state index in [1.807, 2.05) is 0 Å². The van der Waals surface area contributed by atoms with E-state index in [9.17, 15) is 0 Å². The van der Waals surface area contributed by atoms with Gasteiger partial charge in [-0.05, 0) is 13.3 Å². The molecule has 2 N–H and O–H groups in total. The Kier molecular flexibility index (Phi) is 5.35. The van der Waals surface area contributed by atoms with Gasteiger partial charge in [0.1, 0.15) is 5.01 Å². The first-order chi connectivity index (χ1) is 8.27. The smallest absolute Gasteiger partial charge is 0.112 e. The summed E-state index contributed by atoms with van der Waals surface area (Å²) in [5.74, 6) is 0. The van der Waals surface area contributed by atoms with Gasteiger partial charge in [-0.3, -0.25) is 0 Å². The predicted octanol–water partition coefficient (Wildman–Crippen LogP) is 4.58. The van der Waals surface area contributed by atoms with Crippen LogP contribution in [0.5, 0.6) is 0 Å². The monoisotopic (exact) mass is 268 g/mol. The van der Waals surface area contributed by atoms with Crippen molar-refractivity contribution >= 4 is 11.3 Å². The van der Waals surface area contributed by atoms with Crippen LogP contribution in [0, 0.1) is 0 Å². The van der Waals surface area contributed by atoms with Crippen molar-refractivity contribution in [2.45, 2.75) is 77.7 Å². The number of unbranched alkanes of at least 4 members (excludes halogenated alkanes) is 3. The Morgan fingerprint density at radius 1 is 1.17 bits per heavy atom. The Balaban J connectivity index is 2.64. The van der Waals surface area contributed by atoms with Crippen molar-refractivity contribution in [1.82, 2.24) is 4.98 Å². The van der Waals surface area contributed by atoms with Crippen LogP contribution in [0.15, 0.2) is 5.38 Å². The zero-order valence-corrected chi connectivity index (χ0v) is 13.4. The zero-order chi connectivity index (χ0) is 13.8. The highest BCUT2D eigenvalue weighted by Gasteiger charge is 2.26. The topological polar surface area (TPSA) is 38.9 Å². The molecule has 0 spiro atoms. The highest BCUT2D eigenvalue weighted by molar-refractivity contribution is 7.09. The van der Waals surface area contributed by atoms with Crippen molar-refractivity contribution in [3.8, 4) is 0 Å². The molecule has 1 aromatic rings. The van der Waals surface area contributed by atoms with Gasteiger partial charge in [-0.15, -0.1) is 11.3 Å². The van der Waals surface area contributed by atoms with Gasteiger partial charge in [0.25, 0.3) is 0 Å². The lowest BCUT2D eigenvalue weighted by Crippen LogP contribution is -2.33. The summed E-state index contributed by atoms with van der Waals surface area (Å²) in [5, 5.41) is 3.25. The number of thiazole rings is 1. The van der Waals surface area contributed by atoms with Crippen LogP contribution in [0.4, 0.5) is 0 Å². The van der Waals surface area contributed by atoms with Gasteiger partial charge >= 0.3 is 0 Å². The van der Waals surface area contributed by atoms with E-state index in [1.54, 1.807) is 11.3 Å². The van der Waals surface area contributed by atoms with Gasteiger partial charge in [0.2, 0.25) is 0 Å². The Bertz CT molecular complexity index is 361. The number of hydrogen-bond acceptors (Lipinski definition) is 3. The quantitative estimate of drug-likeness (QED) is 0.767. The van der Waals surface area contributed by atoms with Gasteiger partial charge < -0.3 is 5.73 Å². The normalized spacial score (nSPS) is 15.7. The summed E-state index contributed by atoms with van der Waals surface area (Å²) >= 11 is 1.71. The first kappa shape index (κ1) is 15.6. The predicted molar refractivity (Wildman–Crippen MR) is 81.1 cm³/mol. The maximum atomic E-state index is 6.42. The summed E-state index contributed by atoms with van der Waals surface area (Å²) < 4.78 is 0. The van der Waals surface area contributed by atoms with E-state index >= 15 is 0 Å². The molecule has 0 aliphatic heterocycles. The molecule has 2 nitrogen and oxygen atoms in total. The van der Waals surface area contributed by atoms with E-state index in [0.717, 1.165) is 17.1 Å². The van der Waals surface area contributed by atoms with E-state index in [1.165, 1.54) is 25.7 Å². The molecule has 0 amide bonds. The molecule has 1 rings (SSSR count). The summed E-state index contributed by atoms with van der Waals surface area (Å²) in [6.45, 7) is 10.9. The Morgan fingerprint density at radius 3 is 2.33 bits per heavy atom. The van der Waals surface area contributed by atoms with Crippen LogP contribution < -0.4 is 5.73 Å². The highest BCUT2D eigenvalue weighted by atomic mass is 32.1. The van der Waals surface area contributed by atoms with Crippen LogP contribution in [0.3, 0.4) is 0 Å². The Morgan fingerprint density at radius 2 is 1.83 bits per heavy atom. The lowest BCUT2D eigenvalue weighted by molar-refractivity contribution is 0.419. The zero-order valence-electron chi connectivity index (χ0n) is 12.5. The summed E-state index contributed by atoms with van der Waals surface area (Å²) in [6.07, 6.45) is 6.09. The molecular weight excluding hydrogens is 240 g/mol. The van der Waals surface area contributed by atoms with Crippen LogP contribution in [-0.2, 0) is 11.0 Å². The van der Waals surface area contributed by atoms with Crippen molar-refractivity contribution < 1.29 is 0 Å². The second-order valence-electron chi connectivity index (χ2n) is 6.52. The van der Waals surface area contributed by atoms with Crippen LogP contribution in [0.1, 0.15) is 77.4 Å². The fourth-order valence-corrected chi connectivity index (χ4v) is 3.06. The Labute approximate surface area is 116 Å². The highest BCUT2D eigenvalue weighted by Crippen LogP contribution is 2.31. The van der Waals surface area contributed by atoms with Crippen LogP contribution in [0.2, 0.25) is 0 Å². The molecule has 1 heterocycles. The number of nitrogens with two attached hydrogens (primary N) is 1. The summed E-state index contributed by atoms with van der Waals surface area (Å²) in [7, 11) is 0. The first-order valence-electron chi connectivity index (χ1n) is 7.03. The standard InChI is InChI=1S/C15H28N2S/c1-6-7-8-9-10-15(5,16)13-17-12(11-18-13)14(2,3)4/h11H,6-10,16H2,1-5H3. The molecule has 0 fully saturated rings. The maximum Gasteiger partial charge on any atom is 0.112 e. The van der Waals surface area contributed by atoms with Crippen LogP contribution >= 0.6 is 11.3 Å². The first-order valence-corrected chi connectivity index (χ1v) is 7.90. The van der Waals surface area contributed by atoms with Crippen LogP contribution in [0.25, 0.3) is 0 Å². The fraction of sp³-hybridized carbons (Fsp3) is 0.800. The van der Waals surface area contributed by atoms with Gasteiger partial charge in [0.05, 0.1) is 11.2 Å². The van der Waals surface area contributed by atoms with Gasteiger partial charge in [-0.2, -0.15) is 0 Å². The largest absolute Gasteiger partial charge is 0.320 e. The lowest BCUT2D eigenvalue weighted by atomic mass is 9.92. The average Bonchev–Trinajstić information content (AvgIpc) is 2.73. The summed E-state index contributed by atoms with van der Waals surface area (Å²) in [6, 6.07) is 0. The minimum atomic E-state index is -0.262. The molecule has 0 aromatic carbocycles. The lowest BCUT2D eigenvalue weighted by Gasteiger charge is -2.22. The van der Waals surface area contributed by atoms with E-state index in [4.69, 9.17) is 10.7 Å². The third-order valence-corrected chi connectivity index (χ3v) is 4.43. The number of rotatable bonds is 6. The fourth-order valence-electron chi connectivity index (χ4n) is 1.91. The van der Waals surface area contributed by atoms with Crippen molar-refractivity contribution in [2.24, 2.45) is 5.73 Å². The molecule has 0 aliphatic carbocycles. The Hall–Kier alpha value is -0.410. The number of aromatic nitrogens is 1. The molecule has 18 heavy (non-hydrogen) atoms. The van der Waals surface area contributed by atoms with Crippen molar-refractivity contribution in [1.29, 1.82) is 0 Å². The molecule has 1 atom stereocenters. The molecule has 0 aliphatic rings. The van der Waals surface area contributed by atoms with Crippen molar-refractivity contribution in [3.63, 3.8) is 0 Å². The maximum absolute atomic E-state index is 6.42. The van der Waals surface area contributed by atoms with Crippen molar-refractivity contribution in [2.75, 3.05) is 0 Å². The minimum Gasteiger partial charge on any atom is -0.320 e. The second-order valence-corrected chi connectivity index (χ2v) is 7.37. The molecule has 0 bridgehead atoms. The number of nitrogens with zero attached hydrogens (tertiary/aromatic N) is 1. The van der Waals surface area contributed by atoms with Crippen LogP contribution in [-0.4, -0.2) is 4.98 Å². The van der Waals surface area contributed by atoms with E-state index in [-0.39, 0.29) is 11.0 Å². The minimum absolute atomic E-state index is 0.118. The molecule has 3 heteroatoms. The molecule has 1 aromatic heterocycles. The molecule has 0 saturated heterocycles. The average molecular weight is 268 g/mol. The third-order valence-electron chi connectivity index (χ3n) is 3.31. The van der Waals surface area contributed by atoms with Gasteiger partial charge in [0, 0.05) is 10.8 Å². The number of hydrogen-bond donors (Lipinski definition) is 1. The van der Waals surface area contributed by atoms with E-state index in [2.05, 4.69) is 40.0 Å². The van der Waals surface area contributed by atoms with Gasteiger partial charge in [-0.1, -0.05) is 53.4 Å². The molecule has 104 valence electrons. The van der Waals surface area contributed by atoms with Gasteiger partial charge in [-0.25, -0.2) is 4.98 Å². The summed E-state index contributed by atoms with van der Waals surface area (Å²) in [5.41, 5.74) is 7.44. The SMILES string of the molecule is CCCCCCC(C)(N)c1nc(C(C)(C)C)cs1. The molecule has 1 unspecified atom stereocenters. The summed E-state index contributed by atoms with van der Waals surface area (Å²) in [4.78, 5) is 4.75. The molecule has 0 saturated carbocycles.